The van der Waals surface area contributed by atoms with Crippen molar-refractivity contribution in [3.63, 3.8) is 0 Å². The Balaban J connectivity index is 0.00000147. The lowest BCUT2D eigenvalue weighted by molar-refractivity contribution is 0.877. The van der Waals surface area contributed by atoms with E-state index in [-0.39, 0.29) is 24.0 Å². The van der Waals surface area contributed by atoms with E-state index in [1.165, 1.54) is 12.8 Å². The third kappa shape index (κ3) is 3.92. The molecule has 0 aromatic carbocycles. The molecule has 3 N–H and O–H groups in total. The highest BCUT2D eigenvalue weighted by Gasteiger charge is 2.21. The molecule has 0 saturated heterocycles. The lowest BCUT2D eigenvalue weighted by atomic mass is 10.2. The molecular weight excluding hydrogens is 367 g/mol. The SMILES string of the molecule is I.NC(=NCc1ccnc(-n2ccnc2)c1)NC1CC1. The van der Waals surface area contributed by atoms with E-state index in [1.54, 1.807) is 18.7 Å². The average Bonchev–Trinajstić information content (AvgIpc) is 3.07. The fourth-order valence-electron chi connectivity index (χ4n) is 1.75. The second-order valence-electron chi connectivity index (χ2n) is 4.61. The number of nitrogens with zero attached hydrogens (tertiary/aromatic N) is 4. The molecule has 0 radical (unpaired) electrons. The molecular formula is C13H17IN6. The summed E-state index contributed by atoms with van der Waals surface area (Å²) >= 11 is 0. The third-order valence-electron chi connectivity index (χ3n) is 2.94. The Kier molecular flexibility index (Phi) is 4.94. The molecule has 0 amide bonds. The number of rotatable bonds is 4. The second-order valence-corrected chi connectivity index (χ2v) is 4.61. The Bertz CT molecular complexity index is 576. The van der Waals surface area contributed by atoms with Gasteiger partial charge in [0.25, 0.3) is 0 Å². The molecule has 0 unspecified atom stereocenters. The van der Waals surface area contributed by atoms with Gasteiger partial charge < -0.3 is 11.1 Å². The number of aliphatic imine (C=N–C) groups is 1. The van der Waals surface area contributed by atoms with Crippen molar-refractivity contribution in [3.05, 3.63) is 42.6 Å². The quantitative estimate of drug-likeness (QED) is 0.475. The van der Waals surface area contributed by atoms with Crippen LogP contribution in [0.3, 0.4) is 0 Å². The molecule has 1 saturated carbocycles. The van der Waals surface area contributed by atoms with Crippen molar-refractivity contribution < 1.29 is 0 Å². The van der Waals surface area contributed by atoms with E-state index in [2.05, 4.69) is 20.3 Å². The van der Waals surface area contributed by atoms with Gasteiger partial charge in [-0.1, -0.05) is 0 Å². The minimum absolute atomic E-state index is 0. The van der Waals surface area contributed by atoms with Gasteiger partial charge in [0.05, 0.1) is 6.54 Å². The van der Waals surface area contributed by atoms with E-state index in [0.717, 1.165) is 11.4 Å². The molecule has 0 bridgehead atoms. The Morgan fingerprint density at radius 1 is 1.45 bits per heavy atom. The van der Waals surface area contributed by atoms with Gasteiger partial charge >= 0.3 is 0 Å². The molecule has 0 aliphatic heterocycles. The number of pyridine rings is 1. The average molecular weight is 384 g/mol. The number of hydrogen-bond acceptors (Lipinski definition) is 3. The molecule has 0 spiro atoms. The molecule has 6 nitrogen and oxygen atoms in total. The van der Waals surface area contributed by atoms with Gasteiger partial charge in [-0.05, 0) is 30.5 Å². The van der Waals surface area contributed by atoms with E-state index in [9.17, 15) is 0 Å². The van der Waals surface area contributed by atoms with Crippen LogP contribution < -0.4 is 11.1 Å². The van der Waals surface area contributed by atoms with Crippen LogP contribution in [0.4, 0.5) is 0 Å². The van der Waals surface area contributed by atoms with Crippen molar-refractivity contribution in [2.45, 2.75) is 25.4 Å². The fraction of sp³-hybridized carbons (Fsp3) is 0.308. The zero-order valence-corrected chi connectivity index (χ0v) is 13.3. The maximum atomic E-state index is 5.80. The normalized spacial score (nSPS) is 14.7. The zero-order valence-electron chi connectivity index (χ0n) is 10.9. The highest BCUT2D eigenvalue weighted by Crippen LogP contribution is 2.18. The van der Waals surface area contributed by atoms with Gasteiger partial charge in [-0.25, -0.2) is 15.0 Å². The molecule has 7 heteroatoms. The van der Waals surface area contributed by atoms with Crippen molar-refractivity contribution in [1.82, 2.24) is 19.9 Å². The van der Waals surface area contributed by atoms with Crippen LogP contribution in [-0.2, 0) is 6.54 Å². The first-order valence-electron chi connectivity index (χ1n) is 6.31. The van der Waals surface area contributed by atoms with Crippen molar-refractivity contribution in [3.8, 4) is 5.82 Å². The molecule has 1 aliphatic carbocycles. The van der Waals surface area contributed by atoms with Gasteiger partial charge in [-0.2, -0.15) is 0 Å². The fourth-order valence-corrected chi connectivity index (χ4v) is 1.75. The predicted octanol–water partition coefficient (Wildman–Crippen LogP) is 1.45. The maximum absolute atomic E-state index is 5.80. The summed E-state index contributed by atoms with van der Waals surface area (Å²) in [5.41, 5.74) is 6.87. The minimum Gasteiger partial charge on any atom is -0.370 e. The van der Waals surface area contributed by atoms with E-state index in [0.29, 0.717) is 18.5 Å². The maximum Gasteiger partial charge on any atom is 0.189 e. The summed E-state index contributed by atoms with van der Waals surface area (Å²) in [4.78, 5) is 12.6. The summed E-state index contributed by atoms with van der Waals surface area (Å²) in [5.74, 6) is 1.35. The first-order chi connectivity index (χ1) is 9.31. The van der Waals surface area contributed by atoms with Crippen LogP contribution in [-0.4, -0.2) is 26.5 Å². The molecule has 0 atom stereocenters. The molecule has 2 heterocycles. The topological polar surface area (TPSA) is 81.1 Å². The van der Waals surface area contributed by atoms with E-state index in [1.807, 2.05) is 22.9 Å². The number of halogens is 1. The molecule has 3 rings (SSSR count). The van der Waals surface area contributed by atoms with E-state index in [4.69, 9.17) is 5.73 Å². The molecule has 20 heavy (non-hydrogen) atoms. The third-order valence-corrected chi connectivity index (χ3v) is 2.94. The summed E-state index contributed by atoms with van der Waals surface area (Å²) < 4.78 is 1.86. The number of nitrogens with two attached hydrogens (primary N) is 1. The van der Waals surface area contributed by atoms with E-state index < -0.39 is 0 Å². The predicted molar refractivity (Wildman–Crippen MR) is 88.3 cm³/mol. The van der Waals surface area contributed by atoms with Gasteiger partial charge in [0.2, 0.25) is 0 Å². The van der Waals surface area contributed by atoms with Crippen molar-refractivity contribution in [2.75, 3.05) is 0 Å². The second kappa shape index (κ2) is 6.69. The smallest absolute Gasteiger partial charge is 0.189 e. The van der Waals surface area contributed by atoms with Crippen LogP contribution in [0.2, 0.25) is 0 Å². The summed E-state index contributed by atoms with van der Waals surface area (Å²) in [6.07, 6.45) is 9.46. The molecule has 106 valence electrons. The van der Waals surface area contributed by atoms with Gasteiger partial charge in [-0.3, -0.25) is 4.57 Å². The number of aromatic nitrogens is 3. The molecule has 2 aromatic rings. The number of guanidine groups is 1. The lowest BCUT2D eigenvalue weighted by Gasteiger charge is -2.05. The zero-order chi connectivity index (χ0) is 13.1. The van der Waals surface area contributed by atoms with Crippen LogP contribution >= 0.6 is 24.0 Å². The Morgan fingerprint density at radius 2 is 2.30 bits per heavy atom. The van der Waals surface area contributed by atoms with Crippen LogP contribution in [0, 0.1) is 0 Å². The first-order valence-corrected chi connectivity index (χ1v) is 6.31. The standard InChI is InChI=1S/C13H16N6.HI/c14-13(18-11-1-2-11)17-8-10-3-4-16-12(7-10)19-6-5-15-9-19;/h3-7,9,11H,1-2,8H2,(H3,14,17,18);1H. The number of imidazole rings is 1. The van der Waals surface area contributed by atoms with Crippen LogP contribution in [0.1, 0.15) is 18.4 Å². The summed E-state index contributed by atoms with van der Waals surface area (Å²) in [7, 11) is 0. The molecule has 2 aromatic heterocycles. The Labute approximate surface area is 134 Å². The largest absolute Gasteiger partial charge is 0.370 e. The minimum atomic E-state index is 0. The van der Waals surface area contributed by atoms with Crippen molar-refractivity contribution >= 4 is 29.9 Å². The van der Waals surface area contributed by atoms with Gasteiger partial charge in [0.1, 0.15) is 12.1 Å². The highest BCUT2D eigenvalue weighted by atomic mass is 127. The Morgan fingerprint density at radius 3 is 3.00 bits per heavy atom. The van der Waals surface area contributed by atoms with Crippen LogP contribution in [0.25, 0.3) is 5.82 Å². The van der Waals surface area contributed by atoms with Crippen LogP contribution in [0.15, 0.2) is 42.0 Å². The van der Waals surface area contributed by atoms with Gasteiger partial charge in [-0.15, -0.1) is 24.0 Å². The highest BCUT2D eigenvalue weighted by molar-refractivity contribution is 14.0. The summed E-state index contributed by atoms with van der Waals surface area (Å²) in [5, 5.41) is 3.16. The summed E-state index contributed by atoms with van der Waals surface area (Å²) in [6, 6.07) is 4.45. The first kappa shape index (κ1) is 14.8. The Hall–Kier alpha value is -1.64. The monoisotopic (exact) mass is 384 g/mol. The number of nitrogens with one attached hydrogen (secondary N) is 1. The lowest BCUT2D eigenvalue weighted by Crippen LogP contribution is -2.33. The van der Waals surface area contributed by atoms with Crippen molar-refractivity contribution in [2.24, 2.45) is 10.7 Å². The van der Waals surface area contributed by atoms with Crippen molar-refractivity contribution in [1.29, 1.82) is 0 Å². The summed E-state index contributed by atoms with van der Waals surface area (Å²) in [6.45, 7) is 0.551. The molecule has 1 fully saturated rings. The van der Waals surface area contributed by atoms with Gasteiger partial charge in [0.15, 0.2) is 5.96 Å². The number of hydrogen-bond donors (Lipinski definition) is 2. The molecule has 1 aliphatic rings. The van der Waals surface area contributed by atoms with Gasteiger partial charge in [0, 0.05) is 24.6 Å². The van der Waals surface area contributed by atoms with Crippen LogP contribution in [0.5, 0.6) is 0 Å². The van der Waals surface area contributed by atoms with E-state index >= 15 is 0 Å².